The van der Waals surface area contributed by atoms with Crippen molar-refractivity contribution in [1.29, 1.82) is 0 Å². The molecule has 3 aliphatic rings. The molecule has 9 heterocycles. The molecule has 0 radical (unpaired) electrons. The van der Waals surface area contributed by atoms with Crippen molar-refractivity contribution in [2.24, 2.45) is 17.8 Å². The molecular weight excluding hydrogens is 1340 g/mol. The molecule has 24 nitrogen and oxygen atoms in total. The Kier molecular flexibility index (Phi) is 25.1. The van der Waals surface area contributed by atoms with Crippen LogP contribution in [0.2, 0.25) is 0 Å². The lowest BCUT2D eigenvalue weighted by Gasteiger charge is -2.29. The first-order valence-corrected chi connectivity index (χ1v) is 36.5. The highest BCUT2D eigenvalue weighted by Gasteiger charge is 2.46. The predicted octanol–water partition coefficient (Wildman–Crippen LogP) is 11.5. The van der Waals surface area contributed by atoms with E-state index in [0.717, 1.165) is 54.5 Å². The summed E-state index contributed by atoms with van der Waals surface area (Å²) >= 11 is 3.22. The summed E-state index contributed by atoms with van der Waals surface area (Å²) in [4.78, 5) is 104. The van der Waals surface area contributed by atoms with Gasteiger partial charge in [0.1, 0.15) is 23.5 Å². The van der Waals surface area contributed by atoms with E-state index in [2.05, 4.69) is 64.7 Å². The molecule has 3 fully saturated rings. The van der Waals surface area contributed by atoms with Gasteiger partial charge in [-0.3, -0.25) is 28.8 Å². The lowest BCUT2D eigenvalue weighted by Crippen LogP contribution is -2.44. The number of oxazole rings is 1. The van der Waals surface area contributed by atoms with Gasteiger partial charge in [-0.15, -0.1) is 32.9 Å². The number of hydrogen-bond acceptors (Lipinski definition) is 23. The maximum absolute atomic E-state index is 13.5. The molecule has 9 aromatic rings. The lowest BCUT2D eigenvalue weighted by atomic mass is 9.89. The highest BCUT2D eigenvalue weighted by atomic mass is 32.1. The average Bonchev–Trinajstić information content (AvgIpc) is 1.64. The SMILES string of the molecule is Cc1cc([C@H](C(=O)N2C[C@H](O)C[C@H]2C(=O)C[C@@H](C)c2ccc(-c3cnco3)cc2)C(C)C)on1.Cc1nc([C@H](C(=O)N2C[C@H](O)C[C@H]2C(=O)CCc2ccc(-c3scnc3C)cc2)C(C)C)no1.Cc1nnc([C@H](C(=O)N2C[C@H](O)C[C@H]2C(=O)CCc2ccc(-c3scnc3C)cc2)C(C)C)o1. The number of aryl methyl sites for hydroxylation is 7. The third kappa shape index (κ3) is 18.2. The summed E-state index contributed by atoms with van der Waals surface area (Å²) in [6.07, 6.45) is 3.66. The van der Waals surface area contributed by atoms with Gasteiger partial charge in [0.25, 0.3) is 0 Å². The Labute approximate surface area is 601 Å². The number of ketones is 3. The molecule has 0 unspecified atom stereocenters. The Morgan fingerprint density at radius 1 is 0.549 bits per heavy atom. The largest absolute Gasteiger partial charge is 0.444 e. The number of rotatable bonds is 24. The number of carbonyl (C=O) groups is 6. The van der Waals surface area contributed by atoms with E-state index < -0.39 is 54.2 Å². The monoisotopic (exact) mass is 1430 g/mol. The molecule has 3 saturated heterocycles. The van der Waals surface area contributed by atoms with Crippen molar-refractivity contribution in [2.75, 3.05) is 19.6 Å². The summed E-state index contributed by atoms with van der Waals surface area (Å²) in [5.74, 6) is -0.397. The van der Waals surface area contributed by atoms with Crippen LogP contribution >= 0.6 is 22.7 Å². The van der Waals surface area contributed by atoms with E-state index in [0.29, 0.717) is 60.5 Å². The second kappa shape index (κ2) is 33.8. The van der Waals surface area contributed by atoms with Gasteiger partial charge in [0.15, 0.2) is 35.3 Å². The van der Waals surface area contributed by atoms with Gasteiger partial charge < -0.3 is 47.9 Å². The maximum Gasteiger partial charge on any atom is 0.236 e. The third-order valence-electron chi connectivity index (χ3n) is 19.1. The van der Waals surface area contributed by atoms with Crippen LogP contribution in [0.3, 0.4) is 0 Å². The minimum Gasteiger partial charge on any atom is -0.444 e. The van der Waals surface area contributed by atoms with Gasteiger partial charge in [-0.05, 0) is 85.1 Å². The second-order valence-electron chi connectivity index (χ2n) is 28.0. The molecule has 26 heteroatoms. The van der Waals surface area contributed by atoms with Crippen molar-refractivity contribution in [2.45, 2.75) is 195 Å². The zero-order valence-corrected chi connectivity index (χ0v) is 61.4. The van der Waals surface area contributed by atoms with E-state index in [4.69, 9.17) is 17.9 Å². The van der Waals surface area contributed by atoms with Gasteiger partial charge in [0.2, 0.25) is 35.4 Å². The highest BCUT2D eigenvalue weighted by molar-refractivity contribution is 7.13. The number of aliphatic hydroxyl groups is 3. The molecule has 0 saturated carbocycles. The molecule has 540 valence electrons. The van der Waals surface area contributed by atoms with E-state index >= 15 is 0 Å². The van der Waals surface area contributed by atoms with Crippen LogP contribution in [0.4, 0.5) is 0 Å². The zero-order chi connectivity index (χ0) is 73.2. The number of aliphatic hydroxyl groups excluding tert-OH is 3. The summed E-state index contributed by atoms with van der Waals surface area (Å²) in [6.45, 7) is 23.1. The fraction of sp³-hybridized carbons (Fsp3) is 0.474. The Morgan fingerprint density at radius 3 is 1.42 bits per heavy atom. The fourth-order valence-electron chi connectivity index (χ4n) is 13.7. The van der Waals surface area contributed by atoms with Crippen LogP contribution < -0.4 is 0 Å². The van der Waals surface area contributed by atoms with Crippen molar-refractivity contribution >= 4 is 57.7 Å². The first-order valence-electron chi connectivity index (χ1n) is 34.8. The first kappa shape index (κ1) is 75.6. The van der Waals surface area contributed by atoms with Gasteiger partial charge in [-0.1, -0.05) is 132 Å². The van der Waals surface area contributed by atoms with Crippen molar-refractivity contribution in [1.82, 2.24) is 55.1 Å². The molecule has 3 N–H and O–H groups in total. The summed E-state index contributed by atoms with van der Waals surface area (Å²) in [5.41, 5.74) is 12.7. The molecule has 0 spiro atoms. The molecule has 0 bridgehead atoms. The zero-order valence-electron chi connectivity index (χ0n) is 59.8. The smallest absolute Gasteiger partial charge is 0.236 e. The average molecular weight is 1430 g/mol. The van der Waals surface area contributed by atoms with E-state index in [1.807, 2.05) is 122 Å². The number of carbonyl (C=O) groups excluding carboxylic acids is 6. The minimum atomic E-state index is -0.725. The van der Waals surface area contributed by atoms with Crippen LogP contribution in [-0.2, 0) is 41.6 Å². The highest BCUT2D eigenvalue weighted by Crippen LogP contribution is 2.37. The third-order valence-corrected chi connectivity index (χ3v) is 21.1. The number of hydrogen-bond donors (Lipinski definition) is 3. The molecule has 10 atom stereocenters. The Bertz CT molecular complexity index is 4110. The molecule has 3 aliphatic heterocycles. The van der Waals surface area contributed by atoms with Gasteiger partial charge in [-0.2, -0.15) is 4.98 Å². The number of amides is 3. The topological polar surface area (TPSA) is 329 Å². The molecule has 12 rings (SSSR count). The Balaban J connectivity index is 0.000000165. The normalized spacial score (nSPS) is 19.4. The Morgan fingerprint density at radius 2 is 1.02 bits per heavy atom. The van der Waals surface area contributed by atoms with E-state index in [9.17, 15) is 44.1 Å². The summed E-state index contributed by atoms with van der Waals surface area (Å²) in [5, 5.41) is 46.7. The minimum absolute atomic E-state index is 0.0382. The Hall–Kier alpha value is -9.08. The van der Waals surface area contributed by atoms with Crippen LogP contribution in [-0.4, -0.2) is 162 Å². The maximum atomic E-state index is 13.5. The van der Waals surface area contributed by atoms with Gasteiger partial charge in [0, 0.05) is 83.6 Å². The summed E-state index contributed by atoms with van der Waals surface area (Å²) < 4.78 is 21.3. The van der Waals surface area contributed by atoms with Gasteiger partial charge >= 0.3 is 0 Å². The number of benzene rings is 3. The number of aromatic nitrogens is 8. The van der Waals surface area contributed by atoms with Crippen LogP contribution in [0.15, 0.2) is 120 Å². The fourth-order valence-corrected chi connectivity index (χ4v) is 15.3. The van der Waals surface area contributed by atoms with Crippen molar-refractivity contribution in [3.05, 3.63) is 166 Å². The van der Waals surface area contributed by atoms with E-state index in [1.165, 1.54) is 21.1 Å². The second-order valence-corrected chi connectivity index (χ2v) is 29.7. The molecule has 0 aliphatic carbocycles. The van der Waals surface area contributed by atoms with E-state index in [-0.39, 0.29) is 110 Å². The number of thiazole rings is 2. The van der Waals surface area contributed by atoms with Gasteiger partial charge in [-0.25, -0.2) is 15.0 Å². The number of nitrogens with zero attached hydrogens (tertiary/aromatic N) is 11. The molecular formula is C76H91N11O13S2. The quantitative estimate of drug-likeness (QED) is 0.0506. The van der Waals surface area contributed by atoms with Crippen LogP contribution in [0.5, 0.6) is 0 Å². The predicted molar refractivity (Wildman–Crippen MR) is 382 cm³/mol. The molecule has 3 amide bonds. The number of Topliss-reactive ketones (excluding diaryl/α,β-unsaturated/α-hetero) is 3. The molecule has 102 heavy (non-hydrogen) atoms. The first-order chi connectivity index (χ1) is 48.7. The summed E-state index contributed by atoms with van der Waals surface area (Å²) in [6, 6.07) is 24.0. The van der Waals surface area contributed by atoms with E-state index in [1.54, 1.807) is 55.7 Å². The van der Waals surface area contributed by atoms with Crippen molar-refractivity contribution in [3.63, 3.8) is 0 Å². The van der Waals surface area contributed by atoms with Gasteiger partial charge in [0.05, 0.1) is 80.5 Å². The van der Waals surface area contributed by atoms with Crippen molar-refractivity contribution in [3.8, 4) is 32.2 Å². The standard InChI is InChI=1S/C26H31N3O5.2C25H30N4O4S/c1-15(2)25(23-10-17(4)28-34-23)26(32)29-13-20(30)11-21(29)22(31)9-16(3)18-5-7-19(8-6-18)24-12-27-14-33-24;1-14(2)22(24-28-27-16(4)33-24)25(32)29-12-19(30)11-20(29)21(31)10-7-17-5-8-18(9-6-17)23-15(3)26-13-34-23;1-14(2)22(24-27-16(4)33-28-24)25(32)29-12-19(30)11-20(29)21(31)10-7-17-5-8-18(9-6-17)23-15(3)26-13-34-23/h5-8,10,12,14-16,20-21,25,30H,9,11,13H2,1-4H3;2*5-6,8-9,13-14,19-20,22,30H,7,10-12H2,1-4H3/t16-,20-,21+,25-;2*19-,20+,22-/m111/s1. The summed E-state index contributed by atoms with van der Waals surface area (Å²) in [7, 11) is 0. The van der Waals surface area contributed by atoms with Crippen LogP contribution in [0, 0.1) is 52.4 Å². The van der Waals surface area contributed by atoms with Crippen LogP contribution in [0.1, 0.15) is 174 Å². The van der Waals surface area contributed by atoms with Crippen LogP contribution in [0.25, 0.3) is 32.2 Å². The number of β-amino-alcohol motifs (C(OH)–C–C–N with tert-alkyl or cyclic N) is 3. The molecule has 6 aromatic heterocycles. The number of likely N-dealkylation sites (tertiary alicyclic amines) is 3. The van der Waals surface area contributed by atoms with Crippen molar-refractivity contribution < 1.29 is 62.0 Å². The lowest BCUT2D eigenvalue weighted by molar-refractivity contribution is -0.140. The molecule has 3 aromatic carbocycles.